The second-order valence-corrected chi connectivity index (χ2v) is 2.71. The zero-order valence-electron chi connectivity index (χ0n) is 5.74. The largest absolute Gasteiger partial charge is 1.00 e. The van der Waals surface area contributed by atoms with E-state index in [-0.39, 0.29) is 56.8 Å². The molecule has 0 aromatic carbocycles. The number of hydrogen-bond acceptors (Lipinski definition) is 0. The van der Waals surface area contributed by atoms with E-state index < -0.39 is 0 Å². The molecular formula is C7H12K-. The summed E-state index contributed by atoms with van der Waals surface area (Å²) in [6, 6.07) is 0. The summed E-state index contributed by atoms with van der Waals surface area (Å²) < 4.78 is 0. The molecule has 0 bridgehead atoms. The average molecular weight is 135 g/mol. The Morgan fingerprint density at radius 3 is 1.50 bits per heavy atom. The molecule has 8 heavy (non-hydrogen) atoms. The molecule has 0 aliphatic heterocycles. The van der Waals surface area contributed by atoms with Crippen LogP contribution in [-0.2, 0) is 0 Å². The average Bonchev–Trinajstić information content (AvgIpc) is 1.84. The predicted molar refractivity (Wildman–Crippen MR) is 31.6 cm³/mol. The first-order valence-corrected chi connectivity index (χ1v) is 2.91. The van der Waals surface area contributed by atoms with Crippen LogP contribution < -0.4 is 51.4 Å². The summed E-state index contributed by atoms with van der Waals surface area (Å²) in [4.78, 5) is 0. The molecule has 0 N–H and O–H groups in total. The number of rotatable bonds is 0. The Kier molecular flexibility index (Phi) is 4.48. The third-order valence-corrected chi connectivity index (χ3v) is 1.66. The quantitative estimate of drug-likeness (QED) is 0.302. The molecular weight excluding hydrogens is 123 g/mol. The summed E-state index contributed by atoms with van der Waals surface area (Å²) in [6.45, 7) is 7.92. The van der Waals surface area contributed by atoms with Gasteiger partial charge in [0.2, 0.25) is 0 Å². The van der Waals surface area contributed by atoms with Gasteiger partial charge in [-0.15, -0.1) is 12.8 Å². The van der Waals surface area contributed by atoms with Gasteiger partial charge in [-0.1, -0.05) is 12.8 Å². The van der Waals surface area contributed by atoms with E-state index in [2.05, 4.69) is 13.8 Å². The van der Waals surface area contributed by atoms with Crippen molar-refractivity contribution in [3.8, 4) is 0 Å². The van der Waals surface area contributed by atoms with Crippen LogP contribution in [0.3, 0.4) is 0 Å². The molecule has 1 heteroatoms. The van der Waals surface area contributed by atoms with E-state index in [1.165, 1.54) is 25.7 Å². The molecule has 0 atom stereocenters. The van der Waals surface area contributed by atoms with E-state index in [0.29, 0.717) is 0 Å². The van der Waals surface area contributed by atoms with Crippen molar-refractivity contribution in [2.75, 3.05) is 0 Å². The van der Waals surface area contributed by atoms with Gasteiger partial charge in [0.05, 0.1) is 0 Å². The SMILES string of the molecule is [CH2-]C1([CH2-])CCCC1.[K+]. The summed E-state index contributed by atoms with van der Waals surface area (Å²) >= 11 is 0. The second kappa shape index (κ2) is 3.72. The smallest absolute Gasteiger partial charge is 0.367 e. The van der Waals surface area contributed by atoms with Crippen LogP contribution in [0, 0.1) is 19.3 Å². The minimum absolute atomic E-state index is 0. The summed E-state index contributed by atoms with van der Waals surface area (Å²) in [6.07, 6.45) is 5.14. The van der Waals surface area contributed by atoms with Crippen LogP contribution in [0.1, 0.15) is 25.7 Å². The van der Waals surface area contributed by atoms with Crippen molar-refractivity contribution in [3.05, 3.63) is 13.8 Å². The van der Waals surface area contributed by atoms with Gasteiger partial charge < -0.3 is 13.8 Å². The fourth-order valence-electron chi connectivity index (χ4n) is 1.12. The monoisotopic (exact) mass is 135 g/mol. The van der Waals surface area contributed by atoms with E-state index in [4.69, 9.17) is 0 Å². The van der Waals surface area contributed by atoms with Gasteiger partial charge in [-0.3, -0.25) is 5.41 Å². The van der Waals surface area contributed by atoms with Gasteiger partial charge in [-0.2, -0.15) is 0 Å². The van der Waals surface area contributed by atoms with Crippen LogP contribution in [0.25, 0.3) is 0 Å². The van der Waals surface area contributed by atoms with Gasteiger partial charge >= 0.3 is 51.4 Å². The normalized spacial score (nSPS) is 24.8. The van der Waals surface area contributed by atoms with Crippen molar-refractivity contribution in [2.24, 2.45) is 5.41 Å². The Morgan fingerprint density at radius 2 is 1.38 bits per heavy atom. The van der Waals surface area contributed by atoms with Gasteiger partial charge in [0.1, 0.15) is 0 Å². The topological polar surface area (TPSA) is 0 Å². The summed E-state index contributed by atoms with van der Waals surface area (Å²) in [7, 11) is 0. The second-order valence-electron chi connectivity index (χ2n) is 2.71. The molecule has 0 spiro atoms. The Balaban J connectivity index is 0.000000490. The first kappa shape index (κ1) is 9.64. The van der Waals surface area contributed by atoms with Crippen molar-refractivity contribution < 1.29 is 51.4 Å². The van der Waals surface area contributed by atoms with Crippen molar-refractivity contribution in [2.45, 2.75) is 25.7 Å². The maximum absolute atomic E-state index is 3.96. The van der Waals surface area contributed by atoms with Crippen molar-refractivity contribution in [1.29, 1.82) is 0 Å². The van der Waals surface area contributed by atoms with Crippen LogP contribution in [-0.4, -0.2) is 0 Å². The zero-order valence-corrected chi connectivity index (χ0v) is 8.87. The van der Waals surface area contributed by atoms with Crippen LogP contribution in [0.2, 0.25) is 0 Å². The molecule has 1 saturated carbocycles. The molecule has 42 valence electrons. The number of hydrogen-bond donors (Lipinski definition) is 0. The molecule has 1 aliphatic rings. The molecule has 1 fully saturated rings. The van der Waals surface area contributed by atoms with Crippen LogP contribution in [0.15, 0.2) is 0 Å². The predicted octanol–water partition coefficient (Wildman–Crippen LogP) is -0.781. The molecule has 0 amide bonds. The molecule has 0 saturated heterocycles. The molecule has 0 nitrogen and oxygen atoms in total. The third kappa shape index (κ3) is 2.97. The first-order chi connectivity index (χ1) is 3.21. The van der Waals surface area contributed by atoms with Gasteiger partial charge in [0.25, 0.3) is 0 Å². The van der Waals surface area contributed by atoms with Gasteiger partial charge in [0, 0.05) is 0 Å². The Labute approximate surface area is 94.8 Å². The molecule has 0 radical (unpaired) electrons. The first-order valence-electron chi connectivity index (χ1n) is 2.91. The van der Waals surface area contributed by atoms with Gasteiger partial charge in [-0.05, 0) is 0 Å². The van der Waals surface area contributed by atoms with Gasteiger partial charge in [-0.25, -0.2) is 0 Å². The fraction of sp³-hybridized carbons (Fsp3) is 0.714. The van der Waals surface area contributed by atoms with E-state index in [1.54, 1.807) is 0 Å². The Morgan fingerprint density at radius 1 is 1.00 bits per heavy atom. The summed E-state index contributed by atoms with van der Waals surface area (Å²) in [5.74, 6) is 0. The summed E-state index contributed by atoms with van der Waals surface area (Å²) in [5.41, 5.74) is 0.194. The van der Waals surface area contributed by atoms with Crippen molar-refractivity contribution >= 4 is 0 Å². The molecule has 0 aromatic heterocycles. The van der Waals surface area contributed by atoms with Gasteiger partial charge in [0.15, 0.2) is 0 Å². The molecule has 0 unspecified atom stereocenters. The molecule has 0 aromatic rings. The van der Waals surface area contributed by atoms with E-state index in [1.807, 2.05) is 0 Å². The minimum atomic E-state index is 0. The van der Waals surface area contributed by atoms with Crippen LogP contribution >= 0.6 is 0 Å². The maximum atomic E-state index is 3.96. The van der Waals surface area contributed by atoms with Crippen molar-refractivity contribution in [1.82, 2.24) is 0 Å². The Hall–Kier alpha value is 1.64. The van der Waals surface area contributed by atoms with Crippen LogP contribution in [0.4, 0.5) is 0 Å². The van der Waals surface area contributed by atoms with Crippen molar-refractivity contribution in [3.63, 3.8) is 0 Å². The standard InChI is InChI=1S/C7H12.K/c1-7(2)5-3-4-6-7;/h1-6H2;/q-2;+1. The minimum Gasteiger partial charge on any atom is -0.367 e. The fourth-order valence-corrected chi connectivity index (χ4v) is 1.12. The molecule has 1 rings (SSSR count). The summed E-state index contributed by atoms with van der Waals surface area (Å²) in [5, 5.41) is 0. The van der Waals surface area contributed by atoms with Crippen LogP contribution in [0.5, 0.6) is 0 Å². The molecule has 1 aliphatic carbocycles. The van der Waals surface area contributed by atoms with E-state index in [9.17, 15) is 0 Å². The third-order valence-electron chi connectivity index (χ3n) is 1.66. The van der Waals surface area contributed by atoms with E-state index in [0.717, 1.165) is 0 Å². The molecule has 0 heterocycles. The maximum Gasteiger partial charge on any atom is 1.00 e. The Bertz CT molecular complexity index is 58.8. The van der Waals surface area contributed by atoms with E-state index >= 15 is 0 Å². The zero-order chi connectivity index (χ0) is 5.33.